The van der Waals surface area contributed by atoms with Crippen LogP contribution < -0.4 is 0 Å². The molecule has 0 aliphatic heterocycles. The molecule has 0 unspecified atom stereocenters. The average molecular weight is 209 g/mol. The van der Waals surface area contributed by atoms with E-state index in [4.69, 9.17) is 0 Å². The van der Waals surface area contributed by atoms with Crippen molar-refractivity contribution in [2.24, 2.45) is 0 Å². The number of rotatable bonds is 2. The van der Waals surface area contributed by atoms with E-state index in [2.05, 4.69) is 5.10 Å². The van der Waals surface area contributed by atoms with Crippen LogP contribution in [-0.4, -0.2) is 45.9 Å². The molecule has 1 N–H and O–H groups in total. The van der Waals surface area contributed by atoms with Gasteiger partial charge in [0.1, 0.15) is 5.69 Å². The van der Waals surface area contributed by atoms with Crippen LogP contribution in [0.5, 0.6) is 0 Å². The molecule has 1 aliphatic carbocycles. The Labute approximate surface area is 88.3 Å². The van der Waals surface area contributed by atoms with Gasteiger partial charge in [0.15, 0.2) is 0 Å². The number of aromatic nitrogens is 2. The van der Waals surface area contributed by atoms with Gasteiger partial charge < -0.3 is 10.0 Å². The van der Waals surface area contributed by atoms with E-state index in [0.29, 0.717) is 18.5 Å². The van der Waals surface area contributed by atoms with Crippen molar-refractivity contribution in [2.45, 2.75) is 25.0 Å². The van der Waals surface area contributed by atoms with Crippen LogP contribution in [-0.2, 0) is 0 Å². The minimum absolute atomic E-state index is 0.0473. The molecule has 15 heavy (non-hydrogen) atoms. The van der Waals surface area contributed by atoms with Crippen molar-refractivity contribution in [3.05, 3.63) is 18.0 Å². The Kier molecular flexibility index (Phi) is 2.48. The smallest absolute Gasteiger partial charge is 0.271 e. The molecular weight excluding hydrogens is 194 g/mol. The van der Waals surface area contributed by atoms with Crippen molar-refractivity contribution in [3.63, 3.8) is 0 Å². The maximum absolute atomic E-state index is 11.8. The summed E-state index contributed by atoms with van der Waals surface area (Å²) in [5.74, 6) is -0.0473. The largest absolute Gasteiger partial charge is 0.393 e. The number of aliphatic hydroxyl groups excluding tert-OH is 1. The fourth-order valence-electron chi connectivity index (χ4n) is 1.76. The second-order valence-corrected chi connectivity index (χ2v) is 4.14. The van der Waals surface area contributed by atoms with Gasteiger partial charge in [0.2, 0.25) is 0 Å². The summed E-state index contributed by atoms with van der Waals surface area (Å²) in [5, 5.41) is 13.4. The minimum atomic E-state index is -0.235. The zero-order valence-electron chi connectivity index (χ0n) is 8.92. The molecule has 1 aliphatic rings. The second kappa shape index (κ2) is 3.66. The summed E-state index contributed by atoms with van der Waals surface area (Å²) >= 11 is 0. The highest BCUT2D eigenvalue weighted by Crippen LogP contribution is 2.32. The van der Waals surface area contributed by atoms with Gasteiger partial charge in [-0.3, -0.25) is 9.48 Å². The molecule has 0 bridgehead atoms. The van der Waals surface area contributed by atoms with Crippen LogP contribution in [0.15, 0.2) is 12.3 Å². The second-order valence-electron chi connectivity index (χ2n) is 4.14. The van der Waals surface area contributed by atoms with Gasteiger partial charge in [-0.2, -0.15) is 5.10 Å². The molecule has 1 heterocycles. The van der Waals surface area contributed by atoms with Crippen molar-refractivity contribution < 1.29 is 9.90 Å². The number of amides is 1. The standard InChI is InChI=1S/C10H15N3O2/c1-12(2)10(15)9-3-4-11-13(9)7-5-8(14)6-7/h3-4,7-8,14H,5-6H2,1-2H3. The van der Waals surface area contributed by atoms with Gasteiger partial charge in [0.25, 0.3) is 5.91 Å². The summed E-state index contributed by atoms with van der Waals surface area (Å²) in [6, 6.07) is 1.89. The first-order valence-electron chi connectivity index (χ1n) is 5.03. The van der Waals surface area contributed by atoms with E-state index in [0.717, 1.165) is 0 Å². The third kappa shape index (κ3) is 1.74. The first-order valence-corrected chi connectivity index (χ1v) is 5.03. The molecule has 0 spiro atoms. The van der Waals surface area contributed by atoms with Crippen LogP contribution in [0, 0.1) is 0 Å². The molecule has 0 atom stereocenters. The molecular formula is C10H15N3O2. The Morgan fingerprint density at radius 1 is 1.60 bits per heavy atom. The molecule has 0 saturated heterocycles. The zero-order valence-corrected chi connectivity index (χ0v) is 8.92. The normalized spacial score (nSPS) is 24.7. The predicted molar refractivity (Wildman–Crippen MR) is 54.5 cm³/mol. The average Bonchev–Trinajstić information content (AvgIpc) is 2.59. The lowest BCUT2D eigenvalue weighted by Gasteiger charge is -2.32. The van der Waals surface area contributed by atoms with E-state index >= 15 is 0 Å². The quantitative estimate of drug-likeness (QED) is 0.761. The number of carbonyl (C=O) groups excluding carboxylic acids is 1. The molecule has 5 heteroatoms. The van der Waals surface area contributed by atoms with Gasteiger partial charge in [-0.1, -0.05) is 0 Å². The molecule has 82 valence electrons. The van der Waals surface area contributed by atoms with Gasteiger partial charge in [-0.15, -0.1) is 0 Å². The molecule has 0 radical (unpaired) electrons. The summed E-state index contributed by atoms with van der Waals surface area (Å²) in [7, 11) is 3.44. The Balaban J connectivity index is 2.19. The van der Waals surface area contributed by atoms with Crippen LogP contribution in [0.2, 0.25) is 0 Å². The predicted octanol–water partition coefficient (Wildman–Crippen LogP) is 0.281. The van der Waals surface area contributed by atoms with Crippen molar-refractivity contribution in [1.82, 2.24) is 14.7 Å². The molecule has 1 saturated carbocycles. The van der Waals surface area contributed by atoms with E-state index in [1.165, 1.54) is 4.90 Å². The number of nitrogens with zero attached hydrogens (tertiary/aromatic N) is 3. The van der Waals surface area contributed by atoms with Gasteiger partial charge in [-0.25, -0.2) is 0 Å². The fraction of sp³-hybridized carbons (Fsp3) is 0.600. The van der Waals surface area contributed by atoms with Crippen LogP contribution in [0.1, 0.15) is 29.4 Å². The Morgan fingerprint density at radius 3 is 2.80 bits per heavy atom. The monoisotopic (exact) mass is 209 g/mol. The number of aliphatic hydroxyl groups is 1. The summed E-state index contributed by atoms with van der Waals surface area (Å²) in [6.45, 7) is 0. The van der Waals surface area contributed by atoms with Crippen LogP contribution in [0.25, 0.3) is 0 Å². The lowest BCUT2D eigenvalue weighted by molar-refractivity contribution is 0.0407. The first kappa shape index (κ1) is 10.2. The van der Waals surface area contributed by atoms with Crippen LogP contribution in [0.4, 0.5) is 0 Å². The van der Waals surface area contributed by atoms with E-state index < -0.39 is 0 Å². The molecule has 5 nitrogen and oxygen atoms in total. The molecule has 0 aromatic carbocycles. The SMILES string of the molecule is CN(C)C(=O)c1ccnn1C1CC(O)C1. The molecule has 1 aromatic heterocycles. The molecule has 1 aromatic rings. The third-order valence-corrected chi connectivity index (χ3v) is 2.73. The summed E-state index contributed by atoms with van der Waals surface area (Å²) in [4.78, 5) is 13.3. The molecule has 1 fully saturated rings. The third-order valence-electron chi connectivity index (χ3n) is 2.73. The highest BCUT2D eigenvalue weighted by Gasteiger charge is 2.31. The summed E-state index contributed by atoms with van der Waals surface area (Å²) < 4.78 is 1.72. The highest BCUT2D eigenvalue weighted by molar-refractivity contribution is 5.92. The minimum Gasteiger partial charge on any atom is -0.393 e. The lowest BCUT2D eigenvalue weighted by Crippen LogP contribution is -2.34. The van der Waals surface area contributed by atoms with E-state index in [1.807, 2.05) is 0 Å². The summed E-state index contributed by atoms with van der Waals surface area (Å²) in [6.07, 6.45) is 2.77. The number of hydrogen-bond donors (Lipinski definition) is 1. The van der Waals surface area contributed by atoms with Gasteiger partial charge in [0.05, 0.1) is 12.1 Å². The Bertz CT molecular complexity index is 366. The fourth-order valence-corrected chi connectivity index (χ4v) is 1.76. The van der Waals surface area contributed by atoms with Crippen LogP contribution >= 0.6 is 0 Å². The van der Waals surface area contributed by atoms with Crippen molar-refractivity contribution in [3.8, 4) is 0 Å². The first-order chi connectivity index (χ1) is 7.09. The van der Waals surface area contributed by atoms with E-state index in [-0.39, 0.29) is 18.1 Å². The number of carbonyl (C=O) groups is 1. The number of hydrogen-bond acceptors (Lipinski definition) is 3. The Morgan fingerprint density at radius 2 is 2.27 bits per heavy atom. The van der Waals surface area contributed by atoms with Crippen molar-refractivity contribution in [1.29, 1.82) is 0 Å². The topological polar surface area (TPSA) is 58.4 Å². The molecule has 1 amide bonds. The maximum atomic E-state index is 11.8. The van der Waals surface area contributed by atoms with Crippen LogP contribution in [0.3, 0.4) is 0 Å². The molecule has 2 rings (SSSR count). The Hall–Kier alpha value is -1.36. The van der Waals surface area contributed by atoms with E-state index in [1.54, 1.807) is 31.0 Å². The van der Waals surface area contributed by atoms with Crippen molar-refractivity contribution in [2.75, 3.05) is 14.1 Å². The summed E-state index contributed by atoms with van der Waals surface area (Å²) in [5.41, 5.74) is 0.594. The zero-order chi connectivity index (χ0) is 11.0. The van der Waals surface area contributed by atoms with E-state index in [9.17, 15) is 9.90 Å². The van der Waals surface area contributed by atoms with Gasteiger partial charge in [-0.05, 0) is 18.9 Å². The van der Waals surface area contributed by atoms with Crippen molar-refractivity contribution >= 4 is 5.91 Å². The van der Waals surface area contributed by atoms with Gasteiger partial charge >= 0.3 is 0 Å². The highest BCUT2D eigenvalue weighted by atomic mass is 16.3. The lowest BCUT2D eigenvalue weighted by atomic mass is 9.89. The maximum Gasteiger partial charge on any atom is 0.271 e. The van der Waals surface area contributed by atoms with Gasteiger partial charge in [0, 0.05) is 20.3 Å².